The number of anilines is 1. The van der Waals surface area contributed by atoms with Crippen LogP contribution in [0.15, 0.2) is 38.7 Å². The highest BCUT2D eigenvalue weighted by atomic mass is 32.1. The number of rotatable bonds is 5. The molecule has 0 unspecified atom stereocenters. The van der Waals surface area contributed by atoms with Gasteiger partial charge in [0.05, 0.1) is 17.8 Å². The van der Waals surface area contributed by atoms with E-state index in [2.05, 4.69) is 15.3 Å². The summed E-state index contributed by atoms with van der Waals surface area (Å²) in [5.41, 5.74) is 0.502. The molecule has 0 saturated carbocycles. The molecule has 0 saturated heterocycles. The minimum Gasteiger partial charge on any atom is -0.337 e. The molecule has 9 nitrogen and oxygen atoms in total. The Morgan fingerprint density at radius 1 is 1.28 bits per heavy atom. The molecular formula is C18H17N5O4S2. The Kier molecular flexibility index (Phi) is 5.41. The molecule has 0 spiro atoms. The fourth-order valence-corrected chi connectivity index (χ4v) is 4.67. The summed E-state index contributed by atoms with van der Waals surface area (Å²) in [6, 6.07) is 3.00. The lowest BCUT2D eigenvalue weighted by atomic mass is 10.1. The second kappa shape index (κ2) is 8.13. The normalized spacial score (nSPS) is 13.2. The number of aryl methyl sites for hydroxylation is 1. The largest absolute Gasteiger partial charge is 0.337 e. The summed E-state index contributed by atoms with van der Waals surface area (Å²) in [6.07, 6.45) is 2.15. The molecule has 1 aliphatic rings. The van der Waals surface area contributed by atoms with Crippen LogP contribution in [0, 0.1) is 0 Å². The maximum atomic E-state index is 12.6. The van der Waals surface area contributed by atoms with Crippen LogP contribution in [-0.2, 0) is 24.3 Å². The molecular weight excluding hydrogens is 414 g/mol. The topological polar surface area (TPSA) is 117 Å². The molecule has 0 fully saturated rings. The molecule has 4 heterocycles. The number of H-pyrrole nitrogens is 1. The van der Waals surface area contributed by atoms with Crippen LogP contribution in [0.1, 0.15) is 27.3 Å². The van der Waals surface area contributed by atoms with Crippen LogP contribution in [0.5, 0.6) is 0 Å². The highest BCUT2D eigenvalue weighted by Crippen LogP contribution is 2.29. The first-order valence-corrected chi connectivity index (χ1v) is 10.7. The number of carbonyl (C=O) groups is 2. The van der Waals surface area contributed by atoms with Gasteiger partial charge in [-0.2, -0.15) is 11.3 Å². The fourth-order valence-electron chi connectivity index (χ4n) is 3.02. The monoisotopic (exact) mass is 431 g/mol. The van der Waals surface area contributed by atoms with E-state index in [4.69, 9.17) is 0 Å². The Morgan fingerprint density at radius 3 is 2.90 bits per heavy atom. The fraction of sp³-hybridized carbons (Fsp3) is 0.278. The van der Waals surface area contributed by atoms with Crippen molar-refractivity contribution in [3.8, 4) is 0 Å². The van der Waals surface area contributed by atoms with Crippen molar-refractivity contribution >= 4 is 39.6 Å². The zero-order valence-corrected chi connectivity index (χ0v) is 16.8. The standard InChI is InChI=1S/C18H17N5O4S2/c24-14-2-6-22(18(27)20-14)7-3-15(25)23-5-1-12-13(9-23)29-17(19-12)21-16(26)11-4-8-28-10-11/h2,4,6,8,10H,1,3,5,7,9H2,(H,19,21,26)(H,20,24,27). The van der Waals surface area contributed by atoms with Gasteiger partial charge in [0.2, 0.25) is 5.91 Å². The summed E-state index contributed by atoms with van der Waals surface area (Å²) in [4.78, 5) is 56.9. The smallest absolute Gasteiger partial charge is 0.328 e. The van der Waals surface area contributed by atoms with Crippen molar-refractivity contribution < 1.29 is 9.59 Å². The molecule has 11 heteroatoms. The lowest BCUT2D eigenvalue weighted by Gasteiger charge is -2.26. The summed E-state index contributed by atoms with van der Waals surface area (Å²) in [7, 11) is 0. The number of nitrogens with zero attached hydrogens (tertiary/aromatic N) is 3. The first-order valence-electron chi connectivity index (χ1n) is 8.89. The van der Waals surface area contributed by atoms with Crippen molar-refractivity contribution in [2.75, 3.05) is 11.9 Å². The van der Waals surface area contributed by atoms with Crippen molar-refractivity contribution in [1.29, 1.82) is 0 Å². The number of fused-ring (bicyclic) bond motifs is 1. The molecule has 3 aromatic heterocycles. The number of carbonyl (C=O) groups excluding carboxylic acids is 2. The van der Waals surface area contributed by atoms with E-state index in [1.54, 1.807) is 16.3 Å². The van der Waals surface area contributed by atoms with Gasteiger partial charge in [0, 0.05) is 48.5 Å². The molecule has 1 aliphatic heterocycles. The average molecular weight is 431 g/mol. The van der Waals surface area contributed by atoms with Gasteiger partial charge >= 0.3 is 5.69 Å². The van der Waals surface area contributed by atoms with Crippen molar-refractivity contribution in [1.82, 2.24) is 19.4 Å². The first-order chi connectivity index (χ1) is 14.0. The van der Waals surface area contributed by atoms with Crippen LogP contribution < -0.4 is 16.6 Å². The predicted molar refractivity (Wildman–Crippen MR) is 109 cm³/mol. The SMILES string of the molecule is O=C(Nc1nc2c(s1)CN(C(=O)CCn1ccc(=O)[nH]c1=O)CC2)c1ccsc1. The lowest BCUT2D eigenvalue weighted by Crippen LogP contribution is -2.37. The van der Waals surface area contributed by atoms with E-state index in [0.717, 1.165) is 10.6 Å². The summed E-state index contributed by atoms with van der Waals surface area (Å²) in [5, 5.41) is 6.95. The number of hydrogen-bond acceptors (Lipinski definition) is 7. The third-order valence-electron chi connectivity index (χ3n) is 4.55. The van der Waals surface area contributed by atoms with Crippen LogP contribution in [-0.4, -0.2) is 37.8 Å². The zero-order chi connectivity index (χ0) is 20.4. The van der Waals surface area contributed by atoms with Gasteiger partial charge in [-0.25, -0.2) is 9.78 Å². The van der Waals surface area contributed by atoms with E-state index in [1.807, 2.05) is 5.38 Å². The molecule has 2 N–H and O–H groups in total. The summed E-state index contributed by atoms with van der Waals surface area (Å²) in [6.45, 7) is 1.16. The summed E-state index contributed by atoms with van der Waals surface area (Å²) < 4.78 is 1.31. The Bertz CT molecular complexity index is 1160. The van der Waals surface area contributed by atoms with Crippen molar-refractivity contribution in [3.05, 3.63) is 66.1 Å². The molecule has 0 bridgehead atoms. The molecule has 29 heavy (non-hydrogen) atoms. The van der Waals surface area contributed by atoms with Crippen LogP contribution in [0.4, 0.5) is 5.13 Å². The van der Waals surface area contributed by atoms with E-state index in [9.17, 15) is 19.2 Å². The van der Waals surface area contributed by atoms with Crippen molar-refractivity contribution in [2.45, 2.75) is 25.9 Å². The third kappa shape index (κ3) is 4.35. The highest BCUT2D eigenvalue weighted by Gasteiger charge is 2.24. The van der Waals surface area contributed by atoms with E-state index >= 15 is 0 Å². The van der Waals surface area contributed by atoms with Gasteiger partial charge in [-0.3, -0.25) is 24.7 Å². The minimum absolute atomic E-state index is 0.0778. The van der Waals surface area contributed by atoms with Crippen molar-refractivity contribution in [3.63, 3.8) is 0 Å². The van der Waals surface area contributed by atoms with Gasteiger partial charge in [0.1, 0.15) is 0 Å². The predicted octanol–water partition coefficient (Wildman–Crippen LogP) is 1.28. The maximum Gasteiger partial charge on any atom is 0.328 e. The highest BCUT2D eigenvalue weighted by molar-refractivity contribution is 7.16. The number of amides is 2. The van der Waals surface area contributed by atoms with E-state index in [-0.39, 0.29) is 24.8 Å². The Hall–Kier alpha value is -3.05. The molecule has 0 radical (unpaired) electrons. The average Bonchev–Trinajstić information content (AvgIpc) is 3.36. The molecule has 3 aromatic rings. The zero-order valence-electron chi connectivity index (χ0n) is 15.2. The van der Waals surface area contributed by atoms with Crippen LogP contribution in [0.2, 0.25) is 0 Å². The molecule has 0 aromatic carbocycles. The molecule has 2 amide bonds. The van der Waals surface area contributed by atoms with Crippen LogP contribution in [0.3, 0.4) is 0 Å². The number of hydrogen-bond donors (Lipinski definition) is 2. The van der Waals surface area contributed by atoms with Gasteiger partial charge in [-0.15, -0.1) is 0 Å². The van der Waals surface area contributed by atoms with Crippen molar-refractivity contribution in [2.24, 2.45) is 0 Å². The van der Waals surface area contributed by atoms with Gasteiger partial charge in [0.25, 0.3) is 11.5 Å². The Labute approximate surface area is 172 Å². The van der Waals surface area contributed by atoms with Crippen LogP contribution in [0.25, 0.3) is 0 Å². The van der Waals surface area contributed by atoms with E-state index < -0.39 is 11.2 Å². The maximum absolute atomic E-state index is 12.6. The summed E-state index contributed by atoms with van der Waals surface area (Å²) >= 11 is 2.83. The Balaban J connectivity index is 1.37. The van der Waals surface area contributed by atoms with Gasteiger partial charge in [-0.1, -0.05) is 11.3 Å². The molecule has 0 aliphatic carbocycles. The molecule has 0 atom stereocenters. The van der Waals surface area contributed by atoms with Gasteiger partial charge < -0.3 is 9.47 Å². The lowest BCUT2D eigenvalue weighted by molar-refractivity contribution is -0.132. The second-order valence-electron chi connectivity index (χ2n) is 6.47. The first kappa shape index (κ1) is 19.3. The number of thiazole rings is 1. The van der Waals surface area contributed by atoms with Crippen LogP contribution >= 0.6 is 22.7 Å². The van der Waals surface area contributed by atoms with E-state index in [0.29, 0.717) is 30.2 Å². The number of nitrogens with one attached hydrogen (secondary N) is 2. The van der Waals surface area contributed by atoms with Gasteiger partial charge in [-0.05, 0) is 11.4 Å². The third-order valence-corrected chi connectivity index (χ3v) is 6.23. The second-order valence-corrected chi connectivity index (χ2v) is 8.34. The molecule has 4 rings (SSSR count). The number of aromatic amines is 1. The Morgan fingerprint density at radius 2 is 2.14 bits per heavy atom. The minimum atomic E-state index is -0.528. The number of thiophene rings is 1. The van der Waals surface area contributed by atoms with E-state index in [1.165, 1.54) is 39.5 Å². The molecule has 150 valence electrons. The number of aromatic nitrogens is 3. The van der Waals surface area contributed by atoms with Gasteiger partial charge in [0.15, 0.2) is 5.13 Å². The summed E-state index contributed by atoms with van der Waals surface area (Å²) in [5.74, 6) is -0.275. The quantitative estimate of drug-likeness (QED) is 0.631.